The number of carbonyl (C=O) groups is 1. The molecule has 1 aromatic carbocycles. The van der Waals surface area contributed by atoms with Gasteiger partial charge in [-0.25, -0.2) is 8.42 Å². The molecule has 6 nitrogen and oxygen atoms in total. The van der Waals surface area contributed by atoms with E-state index in [1.165, 1.54) is 4.31 Å². The lowest BCUT2D eigenvalue weighted by atomic mass is 9.92. The number of nitrogens with two attached hydrogens (primary N) is 1. The van der Waals surface area contributed by atoms with Crippen molar-refractivity contribution in [1.29, 1.82) is 0 Å². The average Bonchev–Trinajstić information content (AvgIpc) is 2.61. The molecule has 0 spiro atoms. The van der Waals surface area contributed by atoms with Crippen molar-refractivity contribution in [2.75, 3.05) is 33.2 Å². The van der Waals surface area contributed by atoms with Crippen LogP contribution in [0.2, 0.25) is 0 Å². The van der Waals surface area contributed by atoms with E-state index >= 15 is 0 Å². The maximum atomic E-state index is 12.9. The Labute approximate surface area is 157 Å². The van der Waals surface area contributed by atoms with Crippen molar-refractivity contribution in [1.82, 2.24) is 9.21 Å². The zero-order chi connectivity index (χ0) is 19.5. The van der Waals surface area contributed by atoms with Gasteiger partial charge in [-0.1, -0.05) is 31.5 Å². The number of rotatable bonds is 6. The quantitative estimate of drug-likeness (QED) is 0.815. The highest BCUT2D eigenvalue weighted by Gasteiger charge is 2.35. The molecule has 1 saturated heterocycles. The van der Waals surface area contributed by atoms with Crippen LogP contribution >= 0.6 is 0 Å². The van der Waals surface area contributed by atoms with Gasteiger partial charge in [0.15, 0.2) is 0 Å². The maximum absolute atomic E-state index is 12.9. The summed E-state index contributed by atoms with van der Waals surface area (Å²) < 4.78 is 27.2. The van der Waals surface area contributed by atoms with E-state index in [2.05, 4.69) is 0 Å². The number of aryl methyl sites for hydroxylation is 1. The van der Waals surface area contributed by atoms with Gasteiger partial charge in [-0.05, 0) is 43.9 Å². The smallest absolute Gasteiger partial charge is 0.243 e. The molecule has 0 bridgehead atoms. The fourth-order valence-corrected chi connectivity index (χ4v) is 4.84. The van der Waals surface area contributed by atoms with Crippen molar-refractivity contribution >= 4 is 15.9 Å². The maximum Gasteiger partial charge on any atom is 0.243 e. The lowest BCUT2D eigenvalue weighted by Crippen LogP contribution is -2.48. The van der Waals surface area contributed by atoms with Gasteiger partial charge in [0.25, 0.3) is 0 Å². The predicted molar refractivity (Wildman–Crippen MR) is 103 cm³/mol. The summed E-state index contributed by atoms with van der Waals surface area (Å²) in [7, 11) is -1.80. The third-order valence-electron chi connectivity index (χ3n) is 4.99. The number of hydrogen-bond acceptors (Lipinski definition) is 4. The molecule has 26 heavy (non-hydrogen) atoms. The van der Waals surface area contributed by atoms with Crippen LogP contribution in [0.25, 0.3) is 0 Å². The molecule has 0 aromatic heterocycles. The zero-order valence-corrected chi connectivity index (χ0v) is 17.1. The molecular formula is C19H31N3O3S. The number of carbonyl (C=O) groups excluding carboxylic acids is 1. The summed E-state index contributed by atoms with van der Waals surface area (Å²) in [6, 6.07) is 6.85. The minimum Gasteiger partial charge on any atom is -0.345 e. The number of hydrogen-bond donors (Lipinski definition) is 1. The van der Waals surface area contributed by atoms with E-state index in [-0.39, 0.29) is 28.7 Å². The van der Waals surface area contributed by atoms with Crippen LogP contribution in [-0.4, -0.2) is 56.8 Å². The highest BCUT2D eigenvalue weighted by atomic mass is 32.2. The molecule has 1 atom stereocenters. The third kappa shape index (κ3) is 4.84. The van der Waals surface area contributed by atoms with Gasteiger partial charge in [0.1, 0.15) is 0 Å². The van der Waals surface area contributed by atoms with Gasteiger partial charge in [0.05, 0.1) is 10.8 Å². The van der Waals surface area contributed by atoms with Crippen LogP contribution in [0.15, 0.2) is 29.2 Å². The minimum atomic E-state index is -3.57. The summed E-state index contributed by atoms with van der Waals surface area (Å²) in [5.41, 5.74) is 6.62. The van der Waals surface area contributed by atoms with Crippen LogP contribution in [0.5, 0.6) is 0 Å². The lowest BCUT2D eigenvalue weighted by Gasteiger charge is -2.35. The first-order valence-electron chi connectivity index (χ1n) is 9.09. The topological polar surface area (TPSA) is 83.7 Å². The first-order chi connectivity index (χ1) is 12.1. The third-order valence-corrected chi connectivity index (χ3v) is 6.87. The van der Waals surface area contributed by atoms with Gasteiger partial charge in [-0.3, -0.25) is 4.79 Å². The highest BCUT2D eigenvalue weighted by molar-refractivity contribution is 7.89. The molecule has 0 saturated carbocycles. The van der Waals surface area contributed by atoms with E-state index in [1.54, 1.807) is 36.2 Å². The Balaban J connectivity index is 2.11. The molecule has 1 fully saturated rings. The second-order valence-corrected chi connectivity index (χ2v) is 10.0. The molecule has 1 unspecified atom stereocenters. The summed E-state index contributed by atoms with van der Waals surface area (Å²) in [4.78, 5) is 14.8. The van der Waals surface area contributed by atoms with Crippen molar-refractivity contribution in [2.45, 2.75) is 38.5 Å². The summed E-state index contributed by atoms with van der Waals surface area (Å²) in [5.74, 6) is -0.308. The van der Waals surface area contributed by atoms with Crippen molar-refractivity contribution in [3.8, 4) is 0 Å². The van der Waals surface area contributed by atoms with Crippen molar-refractivity contribution in [3.63, 3.8) is 0 Å². The minimum absolute atomic E-state index is 0.00432. The number of amides is 1. The average molecular weight is 382 g/mol. The van der Waals surface area contributed by atoms with Crippen molar-refractivity contribution < 1.29 is 13.2 Å². The normalized spacial score (nSPS) is 19.3. The lowest BCUT2D eigenvalue weighted by molar-refractivity contribution is -0.136. The second kappa shape index (κ2) is 8.06. The summed E-state index contributed by atoms with van der Waals surface area (Å²) in [5, 5.41) is 0. The molecular weight excluding hydrogens is 350 g/mol. The Morgan fingerprint density at radius 2 is 1.92 bits per heavy atom. The van der Waals surface area contributed by atoms with E-state index in [1.807, 2.05) is 20.8 Å². The van der Waals surface area contributed by atoms with Crippen molar-refractivity contribution in [2.24, 2.45) is 17.1 Å². The van der Waals surface area contributed by atoms with Crippen LogP contribution in [0.4, 0.5) is 0 Å². The molecule has 1 aliphatic heterocycles. The van der Waals surface area contributed by atoms with Gasteiger partial charge in [-0.2, -0.15) is 4.31 Å². The molecule has 0 aliphatic carbocycles. The fraction of sp³-hybridized carbons (Fsp3) is 0.632. The summed E-state index contributed by atoms with van der Waals surface area (Å²) >= 11 is 0. The van der Waals surface area contributed by atoms with Crippen LogP contribution in [0.1, 0.15) is 32.3 Å². The molecule has 0 radical (unpaired) electrons. The van der Waals surface area contributed by atoms with Gasteiger partial charge in [-0.15, -0.1) is 0 Å². The molecule has 146 valence electrons. The van der Waals surface area contributed by atoms with Gasteiger partial charge < -0.3 is 10.6 Å². The van der Waals surface area contributed by atoms with E-state index in [0.29, 0.717) is 32.5 Å². The molecule has 2 N–H and O–H groups in total. The van der Waals surface area contributed by atoms with Gasteiger partial charge >= 0.3 is 0 Å². The molecule has 1 heterocycles. The Hall–Kier alpha value is -1.44. The van der Waals surface area contributed by atoms with Crippen molar-refractivity contribution in [3.05, 3.63) is 29.8 Å². The monoisotopic (exact) mass is 381 g/mol. The SMILES string of the molecule is Cc1ccc(S(=O)(=O)N2CCCC(C(=O)N(C)CC(C)(C)CN)C2)cc1. The molecule has 1 aliphatic rings. The van der Waals surface area contributed by atoms with E-state index in [4.69, 9.17) is 5.73 Å². The first kappa shape index (κ1) is 20.9. The number of benzene rings is 1. The Bertz CT molecular complexity index is 729. The van der Waals surface area contributed by atoms with E-state index < -0.39 is 10.0 Å². The van der Waals surface area contributed by atoms with Crippen LogP contribution in [0, 0.1) is 18.3 Å². The molecule has 2 rings (SSSR count). The number of piperidine rings is 1. The van der Waals surface area contributed by atoms with E-state index in [9.17, 15) is 13.2 Å². The summed E-state index contributed by atoms with van der Waals surface area (Å²) in [6.45, 7) is 7.70. The highest BCUT2D eigenvalue weighted by Crippen LogP contribution is 2.26. The first-order valence-corrected chi connectivity index (χ1v) is 10.5. The molecule has 7 heteroatoms. The predicted octanol–water partition coefficient (Wildman–Crippen LogP) is 1.84. The fourth-order valence-electron chi connectivity index (χ4n) is 3.32. The van der Waals surface area contributed by atoms with Crippen LogP contribution in [0.3, 0.4) is 0 Å². The van der Waals surface area contributed by atoms with E-state index in [0.717, 1.165) is 5.56 Å². The number of sulfonamides is 1. The summed E-state index contributed by atoms with van der Waals surface area (Å²) in [6.07, 6.45) is 1.40. The Morgan fingerprint density at radius 3 is 2.50 bits per heavy atom. The second-order valence-electron chi connectivity index (χ2n) is 8.08. The van der Waals surface area contributed by atoms with Gasteiger partial charge in [0, 0.05) is 26.7 Å². The zero-order valence-electron chi connectivity index (χ0n) is 16.2. The van der Waals surface area contributed by atoms with Gasteiger partial charge in [0.2, 0.25) is 15.9 Å². The molecule has 1 aromatic rings. The van der Waals surface area contributed by atoms with Crippen LogP contribution in [-0.2, 0) is 14.8 Å². The van der Waals surface area contributed by atoms with Crippen LogP contribution < -0.4 is 5.73 Å². The standard InChI is InChI=1S/C19H31N3O3S/c1-15-7-9-17(10-8-15)26(24,25)22-11-5-6-16(12-22)18(23)21(4)14-19(2,3)13-20/h7-10,16H,5-6,11-14,20H2,1-4H3. The largest absolute Gasteiger partial charge is 0.345 e. The molecule has 1 amide bonds. The Kier molecular flexibility index (Phi) is 6.47. The Morgan fingerprint density at radius 1 is 1.31 bits per heavy atom. The number of nitrogens with zero attached hydrogens (tertiary/aromatic N) is 2.